The van der Waals surface area contributed by atoms with E-state index in [0.29, 0.717) is 0 Å². The summed E-state index contributed by atoms with van der Waals surface area (Å²) in [5.41, 5.74) is 13.6. The summed E-state index contributed by atoms with van der Waals surface area (Å²) in [6, 6.07) is 61.8. The van der Waals surface area contributed by atoms with Gasteiger partial charge < -0.3 is 13.7 Å². The number of hydrogen-bond acceptors (Lipinski definition) is 1. The maximum atomic E-state index is 2.63. The average molecular weight is 784 g/mol. The number of fused-ring (bicyclic) bond motifs is 16. The molecule has 3 heteroatoms. The van der Waals surface area contributed by atoms with Crippen molar-refractivity contribution in [3.05, 3.63) is 175 Å². The summed E-state index contributed by atoms with van der Waals surface area (Å²) in [5.74, 6) is 0. The lowest BCUT2D eigenvalue weighted by atomic mass is 9.83. The monoisotopic (exact) mass is 783 g/mol. The molecule has 0 saturated carbocycles. The number of hydrogen-bond donors (Lipinski definition) is 0. The number of benzene rings is 9. The molecule has 0 N–H and O–H groups in total. The highest BCUT2D eigenvalue weighted by molar-refractivity contribution is 6.39. The minimum atomic E-state index is -0.0766. The summed E-state index contributed by atoms with van der Waals surface area (Å²) in [5, 5.41) is 15.7. The molecule has 0 bridgehead atoms. The first-order valence-corrected chi connectivity index (χ1v) is 21.7. The van der Waals surface area contributed by atoms with E-state index in [-0.39, 0.29) is 10.8 Å². The Hall–Kier alpha value is -7.10. The summed E-state index contributed by atoms with van der Waals surface area (Å²) in [6.07, 6.45) is 0. The quantitative estimate of drug-likeness (QED) is 0.174. The zero-order chi connectivity index (χ0) is 41.1. The maximum absolute atomic E-state index is 2.63. The van der Waals surface area contributed by atoms with Gasteiger partial charge in [-0.1, -0.05) is 126 Å². The normalized spacial score (nSPS) is 13.1. The Kier molecular flexibility index (Phi) is 6.72. The van der Waals surface area contributed by atoms with Gasteiger partial charge in [-0.05, 0) is 122 Å². The fraction of sp³-hybridized carbons (Fsp3) is 0.138. The van der Waals surface area contributed by atoms with Crippen molar-refractivity contribution >= 4 is 115 Å². The second-order valence-corrected chi connectivity index (χ2v) is 19.4. The van der Waals surface area contributed by atoms with Crippen molar-refractivity contribution in [1.82, 2.24) is 8.80 Å². The lowest BCUT2D eigenvalue weighted by Crippen LogP contribution is -2.15. The molecule has 0 radical (unpaired) electrons. The summed E-state index contributed by atoms with van der Waals surface area (Å²) in [6.45, 7) is 14.1. The number of anilines is 3. The van der Waals surface area contributed by atoms with Crippen LogP contribution < -0.4 is 4.90 Å². The van der Waals surface area contributed by atoms with Gasteiger partial charge in [-0.2, -0.15) is 0 Å². The fourth-order valence-corrected chi connectivity index (χ4v) is 10.8. The first-order valence-electron chi connectivity index (χ1n) is 21.7. The molecule has 4 aromatic heterocycles. The highest BCUT2D eigenvalue weighted by Crippen LogP contribution is 2.52. The van der Waals surface area contributed by atoms with Gasteiger partial charge >= 0.3 is 0 Å². The number of aromatic nitrogens is 2. The van der Waals surface area contributed by atoms with Crippen molar-refractivity contribution in [2.24, 2.45) is 0 Å². The molecule has 0 aliphatic carbocycles. The van der Waals surface area contributed by atoms with Crippen LogP contribution in [0.1, 0.15) is 52.7 Å². The van der Waals surface area contributed by atoms with Crippen LogP contribution in [0.5, 0.6) is 0 Å². The highest BCUT2D eigenvalue weighted by Gasteiger charge is 2.30. The van der Waals surface area contributed by atoms with Crippen molar-refractivity contribution in [2.45, 2.75) is 52.4 Å². The standard InChI is InChI=1S/C58H45N3/c1-57(2,3)37-30-42-43-31-38(58(4,5)6)33-50(59(39-20-9-7-10-21-39)40-22-11-8-12-23-40)55(43)61-48-26-25-47-52(53(48)46(32-37)54(42)61)45-28-36-19-15-16-24-41(36)51-44-27-34-17-13-14-18-35(34)29-49(44)60(47)56(45)51/h7-33H,1-6H3. The summed E-state index contributed by atoms with van der Waals surface area (Å²) in [7, 11) is 0. The molecule has 0 saturated heterocycles. The van der Waals surface area contributed by atoms with Crippen molar-refractivity contribution in [2.75, 3.05) is 4.90 Å². The van der Waals surface area contributed by atoms with Crippen LogP contribution in [-0.4, -0.2) is 8.80 Å². The van der Waals surface area contributed by atoms with E-state index >= 15 is 0 Å². The van der Waals surface area contributed by atoms with E-state index in [1.807, 2.05) is 0 Å². The zero-order valence-corrected chi connectivity index (χ0v) is 35.4. The second kappa shape index (κ2) is 11.8. The van der Waals surface area contributed by atoms with Gasteiger partial charge in [0.15, 0.2) is 0 Å². The Labute approximate surface area is 354 Å². The molecule has 0 aliphatic rings. The van der Waals surface area contributed by atoms with Gasteiger partial charge in [0.25, 0.3) is 0 Å². The van der Waals surface area contributed by atoms with E-state index in [2.05, 4.69) is 219 Å². The molecule has 292 valence electrons. The van der Waals surface area contributed by atoms with Crippen molar-refractivity contribution in [3.63, 3.8) is 0 Å². The maximum Gasteiger partial charge on any atom is 0.0783 e. The van der Waals surface area contributed by atoms with Crippen LogP contribution >= 0.6 is 0 Å². The SMILES string of the molecule is CC(C)(C)c1cc(N(c2ccccc2)c2ccccc2)c2c(c1)c1cc(C(C)(C)C)cc3c4c5c6cc7ccccc7c7c8cc9ccccc9cc8n(c5ccc4n2c13)c67. The minimum Gasteiger partial charge on any atom is -0.308 e. The lowest BCUT2D eigenvalue weighted by Gasteiger charge is -2.29. The Morgan fingerprint density at radius 3 is 1.48 bits per heavy atom. The molecule has 0 spiro atoms. The smallest absolute Gasteiger partial charge is 0.0783 e. The molecule has 0 amide bonds. The molecule has 0 unspecified atom stereocenters. The van der Waals surface area contributed by atoms with Gasteiger partial charge in [0.1, 0.15) is 0 Å². The van der Waals surface area contributed by atoms with Gasteiger partial charge in [-0.15, -0.1) is 0 Å². The Balaban J connectivity index is 1.28. The first kappa shape index (κ1) is 34.7. The van der Waals surface area contributed by atoms with E-state index in [4.69, 9.17) is 0 Å². The van der Waals surface area contributed by atoms with Gasteiger partial charge in [-0.25, -0.2) is 0 Å². The van der Waals surface area contributed by atoms with Crippen LogP contribution in [0.3, 0.4) is 0 Å². The average Bonchev–Trinajstić information content (AvgIpc) is 3.98. The van der Waals surface area contributed by atoms with Crippen LogP contribution in [0.25, 0.3) is 97.7 Å². The first-order chi connectivity index (χ1) is 29.5. The molecule has 3 nitrogen and oxygen atoms in total. The second-order valence-electron chi connectivity index (χ2n) is 19.4. The predicted molar refractivity (Wildman–Crippen MR) is 263 cm³/mol. The molecule has 4 heterocycles. The summed E-state index contributed by atoms with van der Waals surface area (Å²) >= 11 is 0. The molecule has 0 atom stereocenters. The Bertz CT molecular complexity index is 3890. The molecular weight excluding hydrogens is 739 g/mol. The third-order valence-corrected chi connectivity index (χ3v) is 13.7. The Morgan fingerprint density at radius 1 is 0.344 bits per heavy atom. The van der Waals surface area contributed by atoms with Crippen molar-refractivity contribution < 1.29 is 0 Å². The molecule has 61 heavy (non-hydrogen) atoms. The molecule has 13 aromatic rings. The largest absolute Gasteiger partial charge is 0.308 e. The highest BCUT2D eigenvalue weighted by atomic mass is 15.2. The van der Waals surface area contributed by atoms with Crippen LogP contribution in [0, 0.1) is 0 Å². The van der Waals surface area contributed by atoms with E-state index in [1.165, 1.54) is 115 Å². The number of nitrogens with zero attached hydrogens (tertiary/aromatic N) is 3. The Morgan fingerprint density at radius 2 is 0.836 bits per heavy atom. The van der Waals surface area contributed by atoms with Crippen molar-refractivity contribution in [1.29, 1.82) is 0 Å². The van der Waals surface area contributed by atoms with Crippen LogP contribution in [0.15, 0.2) is 164 Å². The third-order valence-electron chi connectivity index (χ3n) is 13.7. The number of para-hydroxylation sites is 2. The third kappa shape index (κ3) is 4.64. The molecular formula is C58H45N3. The predicted octanol–water partition coefficient (Wildman–Crippen LogP) is 16.4. The van der Waals surface area contributed by atoms with Gasteiger partial charge in [0, 0.05) is 54.5 Å². The minimum absolute atomic E-state index is 0.0663. The molecule has 0 aliphatic heterocycles. The van der Waals surface area contributed by atoms with Gasteiger partial charge in [0.05, 0.1) is 38.8 Å². The lowest BCUT2D eigenvalue weighted by molar-refractivity contribution is 0.591. The van der Waals surface area contributed by atoms with Crippen LogP contribution in [-0.2, 0) is 10.8 Å². The van der Waals surface area contributed by atoms with E-state index in [0.717, 1.165) is 11.4 Å². The van der Waals surface area contributed by atoms with Gasteiger partial charge in [0.2, 0.25) is 0 Å². The van der Waals surface area contributed by atoms with E-state index < -0.39 is 0 Å². The topological polar surface area (TPSA) is 12.1 Å². The van der Waals surface area contributed by atoms with Crippen molar-refractivity contribution in [3.8, 4) is 0 Å². The molecule has 9 aromatic carbocycles. The van der Waals surface area contributed by atoms with E-state index in [9.17, 15) is 0 Å². The van der Waals surface area contributed by atoms with Crippen LogP contribution in [0.2, 0.25) is 0 Å². The van der Waals surface area contributed by atoms with E-state index in [1.54, 1.807) is 0 Å². The molecule has 13 rings (SSSR count). The fourth-order valence-electron chi connectivity index (χ4n) is 10.8. The molecule has 0 fully saturated rings. The summed E-state index contributed by atoms with van der Waals surface area (Å²) < 4.78 is 5.21. The van der Waals surface area contributed by atoms with Crippen LogP contribution in [0.4, 0.5) is 17.1 Å². The number of rotatable bonds is 3. The zero-order valence-electron chi connectivity index (χ0n) is 35.4. The summed E-state index contributed by atoms with van der Waals surface area (Å²) in [4.78, 5) is 2.48. The van der Waals surface area contributed by atoms with Gasteiger partial charge in [-0.3, -0.25) is 0 Å².